The maximum atomic E-state index is 13.2. The van der Waals surface area contributed by atoms with Crippen LogP contribution in [0.15, 0.2) is 48.6 Å². The summed E-state index contributed by atoms with van der Waals surface area (Å²) in [6.07, 6.45) is 58.9. The second-order valence-corrected chi connectivity index (χ2v) is 22.8. The second kappa shape index (κ2) is 54.6. The Morgan fingerprint density at radius 2 is 0.779 bits per heavy atom. The van der Waals surface area contributed by atoms with Crippen LogP contribution < -0.4 is 5.32 Å². The quantitative estimate of drug-likeness (QED) is 0.0215. The fourth-order valence-corrected chi connectivity index (χ4v) is 10.3. The molecule has 11 nitrogen and oxygen atoms in total. The molecule has 1 amide bonds. The fraction of sp³-hybridized carbons (Fsp3) is 0.864. The minimum Gasteiger partial charge on any atom is -0.394 e. The molecule has 9 unspecified atom stereocenters. The number of rotatable bonds is 56. The zero-order valence-electron chi connectivity index (χ0n) is 49.7. The van der Waals surface area contributed by atoms with Crippen LogP contribution in [0, 0.1) is 0 Å². The lowest BCUT2D eigenvalue weighted by Crippen LogP contribution is -2.60. The van der Waals surface area contributed by atoms with Gasteiger partial charge in [-0.25, -0.2) is 0 Å². The monoisotopic (exact) mass is 1090 g/mol. The molecule has 0 spiro atoms. The average molecular weight is 1090 g/mol. The number of unbranched alkanes of at least 4 members (excludes halogenated alkanes) is 36. The Morgan fingerprint density at radius 3 is 1.16 bits per heavy atom. The second-order valence-electron chi connectivity index (χ2n) is 22.8. The van der Waals surface area contributed by atoms with Crippen molar-refractivity contribution in [2.24, 2.45) is 0 Å². The van der Waals surface area contributed by atoms with E-state index in [1.54, 1.807) is 0 Å². The molecule has 1 fully saturated rings. The molecule has 1 aliphatic rings. The molecule has 0 aromatic carbocycles. The Hall–Kier alpha value is -1.93. The van der Waals surface area contributed by atoms with Crippen LogP contribution in [0.4, 0.5) is 0 Å². The van der Waals surface area contributed by atoms with Crippen molar-refractivity contribution in [3.63, 3.8) is 0 Å². The highest BCUT2D eigenvalue weighted by molar-refractivity contribution is 5.80. The average Bonchev–Trinajstić information content (AvgIpc) is 3.43. The summed E-state index contributed by atoms with van der Waals surface area (Å²) in [5.74, 6) is -0.710. The summed E-state index contributed by atoms with van der Waals surface area (Å²) >= 11 is 0. The normalized spacial score (nSPS) is 19.8. The molecule has 1 saturated heterocycles. The third-order valence-corrected chi connectivity index (χ3v) is 15.6. The number of allylic oxidation sites excluding steroid dienone is 8. The van der Waals surface area contributed by atoms with Gasteiger partial charge in [0, 0.05) is 0 Å². The van der Waals surface area contributed by atoms with Crippen LogP contribution in [0.1, 0.15) is 296 Å². The van der Waals surface area contributed by atoms with E-state index in [2.05, 4.69) is 67.8 Å². The molecule has 77 heavy (non-hydrogen) atoms. The standard InChI is InChI=1S/C66H123NO10/c1-3-5-7-9-11-13-15-17-19-21-23-25-27-28-29-30-31-32-34-36-38-40-42-44-46-48-50-52-54-59(70)65(75)67-57(56-76-66-64(74)63(73)62(72)60(55-68)77-66)61(71)58(69)53-51-49-47-45-43-41-39-37-35-33-26-24-22-20-18-16-14-12-10-8-6-4-2/h24,26,28-29,37,39,45,47,57-64,66,68-74H,3-23,25,27,30-36,38,40-44,46,48-56H2,1-2H3,(H,67,75)/b26-24+,29-28-,39-37+,47-45+. The molecule has 452 valence electrons. The Labute approximate surface area is 472 Å². The Kier molecular flexibility index (Phi) is 51.9. The molecule has 1 aliphatic heterocycles. The highest BCUT2D eigenvalue weighted by atomic mass is 16.7. The zero-order chi connectivity index (χ0) is 56.1. The predicted octanol–water partition coefficient (Wildman–Crippen LogP) is 14.8. The summed E-state index contributed by atoms with van der Waals surface area (Å²) in [5, 5.41) is 76.3. The summed E-state index contributed by atoms with van der Waals surface area (Å²) in [7, 11) is 0. The topological polar surface area (TPSA) is 189 Å². The number of aliphatic hydroxyl groups is 7. The van der Waals surface area contributed by atoms with E-state index in [0.29, 0.717) is 19.3 Å². The van der Waals surface area contributed by atoms with Crippen LogP contribution >= 0.6 is 0 Å². The molecule has 11 heteroatoms. The first kappa shape index (κ1) is 73.1. The van der Waals surface area contributed by atoms with Gasteiger partial charge in [0.25, 0.3) is 0 Å². The van der Waals surface area contributed by atoms with Gasteiger partial charge in [-0.3, -0.25) is 4.79 Å². The molecule has 1 rings (SSSR count). The summed E-state index contributed by atoms with van der Waals surface area (Å²) in [4.78, 5) is 13.2. The summed E-state index contributed by atoms with van der Waals surface area (Å²) in [5.41, 5.74) is 0. The summed E-state index contributed by atoms with van der Waals surface area (Å²) < 4.78 is 11.2. The van der Waals surface area contributed by atoms with E-state index in [1.807, 2.05) is 0 Å². The molecular weight excluding hydrogens is 967 g/mol. The van der Waals surface area contributed by atoms with Gasteiger partial charge in [-0.15, -0.1) is 0 Å². The van der Waals surface area contributed by atoms with Gasteiger partial charge in [0.1, 0.15) is 36.6 Å². The molecule has 9 atom stereocenters. The number of amides is 1. The number of aliphatic hydroxyl groups excluding tert-OH is 7. The maximum Gasteiger partial charge on any atom is 0.249 e. The van der Waals surface area contributed by atoms with Crippen molar-refractivity contribution in [2.75, 3.05) is 13.2 Å². The number of carbonyl (C=O) groups is 1. The summed E-state index contributed by atoms with van der Waals surface area (Å²) in [6.45, 7) is 3.47. The number of carbonyl (C=O) groups excluding carboxylic acids is 1. The van der Waals surface area contributed by atoms with Crippen molar-refractivity contribution in [1.29, 1.82) is 0 Å². The molecule has 1 heterocycles. The van der Waals surface area contributed by atoms with Gasteiger partial charge in [-0.05, 0) is 89.9 Å². The summed E-state index contributed by atoms with van der Waals surface area (Å²) in [6, 6.07) is -1.20. The van der Waals surface area contributed by atoms with Crippen LogP contribution in [0.2, 0.25) is 0 Å². The highest BCUT2D eigenvalue weighted by Crippen LogP contribution is 2.23. The van der Waals surface area contributed by atoms with Gasteiger partial charge in [0.2, 0.25) is 5.91 Å². The molecule has 0 radical (unpaired) electrons. The lowest BCUT2D eigenvalue weighted by molar-refractivity contribution is -0.303. The lowest BCUT2D eigenvalue weighted by Gasteiger charge is -2.40. The number of hydrogen-bond acceptors (Lipinski definition) is 10. The van der Waals surface area contributed by atoms with Gasteiger partial charge in [-0.2, -0.15) is 0 Å². The first-order valence-corrected chi connectivity index (χ1v) is 32.5. The molecule has 0 aromatic heterocycles. The molecule has 8 N–H and O–H groups in total. The van der Waals surface area contributed by atoms with Gasteiger partial charge < -0.3 is 50.5 Å². The Bertz CT molecular complexity index is 1390. The molecule has 0 aromatic rings. The predicted molar refractivity (Wildman–Crippen MR) is 321 cm³/mol. The first-order valence-electron chi connectivity index (χ1n) is 32.5. The number of ether oxygens (including phenoxy) is 2. The van der Waals surface area contributed by atoms with Crippen molar-refractivity contribution in [3.05, 3.63) is 48.6 Å². The Morgan fingerprint density at radius 1 is 0.442 bits per heavy atom. The van der Waals surface area contributed by atoms with Crippen molar-refractivity contribution >= 4 is 5.91 Å². The van der Waals surface area contributed by atoms with E-state index in [9.17, 15) is 40.5 Å². The Balaban J connectivity index is 2.28. The van der Waals surface area contributed by atoms with E-state index < -0.39 is 74.2 Å². The van der Waals surface area contributed by atoms with E-state index in [1.165, 1.54) is 205 Å². The van der Waals surface area contributed by atoms with Crippen molar-refractivity contribution < 1.29 is 50.0 Å². The number of hydrogen-bond donors (Lipinski definition) is 8. The third kappa shape index (κ3) is 42.6. The van der Waals surface area contributed by atoms with E-state index in [-0.39, 0.29) is 12.8 Å². The van der Waals surface area contributed by atoms with E-state index in [4.69, 9.17) is 9.47 Å². The van der Waals surface area contributed by atoms with Gasteiger partial charge in [0.05, 0.1) is 25.4 Å². The van der Waals surface area contributed by atoms with Crippen LogP contribution in [0.25, 0.3) is 0 Å². The molecule has 0 aliphatic carbocycles. The zero-order valence-corrected chi connectivity index (χ0v) is 49.7. The fourth-order valence-electron chi connectivity index (χ4n) is 10.3. The lowest BCUT2D eigenvalue weighted by atomic mass is 9.98. The van der Waals surface area contributed by atoms with Gasteiger partial charge in [0.15, 0.2) is 6.29 Å². The smallest absolute Gasteiger partial charge is 0.249 e. The van der Waals surface area contributed by atoms with E-state index in [0.717, 1.165) is 44.9 Å². The maximum absolute atomic E-state index is 13.2. The highest BCUT2D eigenvalue weighted by Gasteiger charge is 2.44. The van der Waals surface area contributed by atoms with Crippen LogP contribution in [-0.4, -0.2) is 110 Å². The first-order chi connectivity index (χ1) is 37.7. The van der Waals surface area contributed by atoms with Gasteiger partial charge in [-0.1, -0.05) is 255 Å². The largest absolute Gasteiger partial charge is 0.394 e. The van der Waals surface area contributed by atoms with E-state index >= 15 is 0 Å². The van der Waals surface area contributed by atoms with Crippen molar-refractivity contribution in [2.45, 2.75) is 351 Å². The minimum absolute atomic E-state index is 0.241. The minimum atomic E-state index is -1.67. The SMILES string of the molecule is CCCCCCCCCCC/C=C/CC/C=C/CC/C=C/CCCC(O)C(O)C(COC1OC(CO)C(O)C(O)C1O)NC(=O)C(O)CCCCCCCCCCCCCC/C=C\CCCCCCCCCCCCCC. The molecule has 0 bridgehead atoms. The third-order valence-electron chi connectivity index (χ3n) is 15.6. The van der Waals surface area contributed by atoms with Crippen LogP contribution in [0.3, 0.4) is 0 Å². The van der Waals surface area contributed by atoms with Crippen LogP contribution in [0.5, 0.6) is 0 Å². The number of nitrogens with one attached hydrogen (secondary N) is 1. The van der Waals surface area contributed by atoms with Crippen molar-refractivity contribution in [1.82, 2.24) is 5.32 Å². The molecular formula is C66H123NO10. The van der Waals surface area contributed by atoms with Crippen molar-refractivity contribution in [3.8, 4) is 0 Å². The van der Waals surface area contributed by atoms with Crippen LogP contribution in [-0.2, 0) is 14.3 Å². The van der Waals surface area contributed by atoms with Gasteiger partial charge >= 0.3 is 0 Å². The molecule has 0 saturated carbocycles.